The van der Waals surface area contributed by atoms with Gasteiger partial charge in [0.15, 0.2) is 0 Å². The summed E-state index contributed by atoms with van der Waals surface area (Å²) in [6, 6.07) is 4.29. The van der Waals surface area contributed by atoms with E-state index in [2.05, 4.69) is 6.58 Å². The van der Waals surface area contributed by atoms with Gasteiger partial charge in [-0.15, -0.1) is 0 Å². The van der Waals surface area contributed by atoms with Crippen LogP contribution < -0.4 is 0 Å². The first-order valence-corrected chi connectivity index (χ1v) is 5.37. The molecular weight excluding hydrogens is 344 g/mol. The Bertz CT molecular complexity index is 351. The van der Waals surface area contributed by atoms with Crippen LogP contribution in [0.5, 0.6) is 0 Å². The van der Waals surface area contributed by atoms with E-state index < -0.39 is 3.93 Å². The number of rotatable bonds is 2. The Hall–Kier alpha value is 0.130. The molecule has 1 aromatic rings. The normalized spacial score (nSPS) is 11.5. The summed E-state index contributed by atoms with van der Waals surface area (Å²) in [5.41, 5.74) is -0.0515. The van der Waals surface area contributed by atoms with E-state index in [-0.39, 0.29) is 11.1 Å². The second-order valence-electron chi connectivity index (χ2n) is 2.63. The van der Waals surface area contributed by atoms with Crippen molar-refractivity contribution in [2.75, 3.05) is 0 Å². The van der Waals surface area contributed by atoms with Crippen LogP contribution in [-0.2, 0) is 0 Å². The van der Waals surface area contributed by atoms with E-state index in [4.69, 9.17) is 23.2 Å². The maximum Gasteiger partial charge on any atom is 0.321 e. The molecule has 0 radical (unpaired) electrons. The number of halogens is 5. The zero-order valence-electron chi connectivity index (χ0n) is 6.83. The second-order valence-corrected chi connectivity index (χ2v) is 4.86. The average Bonchev–Trinajstić information content (AvgIpc) is 1.99. The van der Waals surface area contributed by atoms with Crippen LogP contribution in [0, 0.1) is 0 Å². The molecule has 0 aliphatic heterocycles. The van der Waals surface area contributed by atoms with Crippen LogP contribution in [0.1, 0.15) is 5.56 Å². The zero-order valence-corrected chi connectivity index (χ0v) is 10.5. The van der Waals surface area contributed by atoms with Gasteiger partial charge in [-0.2, -0.15) is 8.78 Å². The van der Waals surface area contributed by atoms with Gasteiger partial charge in [-0.3, -0.25) is 0 Å². The summed E-state index contributed by atoms with van der Waals surface area (Å²) in [5.74, 6) is 0. The average molecular weight is 349 g/mol. The minimum atomic E-state index is -2.99. The van der Waals surface area contributed by atoms with Crippen LogP contribution in [-0.4, -0.2) is 3.93 Å². The lowest BCUT2D eigenvalue weighted by atomic mass is 10.1. The number of hydrogen-bond donors (Lipinski definition) is 0. The van der Waals surface area contributed by atoms with E-state index in [1.807, 2.05) is 0 Å². The standard InChI is InChI=1S/C9H5Cl2F2I/c1-5(9(12,13)14)6-2-7(10)4-8(11)3-6/h2-4H,1H2. The lowest BCUT2D eigenvalue weighted by molar-refractivity contribution is 0.195. The molecule has 0 aromatic heterocycles. The fourth-order valence-corrected chi connectivity index (χ4v) is 1.73. The first-order valence-electron chi connectivity index (χ1n) is 3.53. The van der Waals surface area contributed by atoms with E-state index in [0.29, 0.717) is 10.0 Å². The third kappa shape index (κ3) is 3.07. The lowest BCUT2D eigenvalue weighted by Gasteiger charge is -2.12. The highest BCUT2D eigenvalue weighted by Crippen LogP contribution is 2.38. The number of alkyl halides is 3. The van der Waals surface area contributed by atoms with Gasteiger partial charge in [0.1, 0.15) is 0 Å². The Morgan fingerprint density at radius 3 is 2.00 bits per heavy atom. The summed E-state index contributed by atoms with van der Waals surface area (Å²) in [7, 11) is 0. The van der Waals surface area contributed by atoms with Crippen molar-refractivity contribution in [2.24, 2.45) is 0 Å². The fraction of sp³-hybridized carbons (Fsp3) is 0.111. The van der Waals surface area contributed by atoms with Gasteiger partial charge in [-0.25, -0.2) is 0 Å². The number of hydrogen-bond acceptors (Lipinski definition) is 0. The Balaban J connectivity index is 3.14. The molecule has 1 aromatic carbocycles. The molecule has 0 N–H and O–H groups in total. The van der Waals surface area contributed by atoms with Crippen molar-refractivity contribution >= 4 is 51.4 Å². The van der Waals surface area contributed by atoms with Gasteiger partial charge in [0.25, 0.3) is 0 Å². The van der Waals surface area contributed by atoms with Crippen LogP contribution in [0.3, 0.4) is 0 Å². The van der Waals surface area contributed by atoms with Crippen molar-refractivity contribution in [3.63, 3.8) is 0 Å². The Morgan fingerprint density at radius 1 is 1.21 bits per heavy atom. The summed E-state index contributed by atoms with van der Waals surface area (Å²) < 4.78 is 22.7. The highest BCUT2D eigenvalue weighted by atomic mass is 127. The monoisotopic (exact) mass is 348 g/mol. The second kappa shape index (κ2) is 4.33. The maximum atomic E-state index is 12.9. The molecule has 0 aliphatic rings. The van der Waals surface area contributed by atoms with E-state index in [9.17, 15) is 8.78 Å². The van der Waals surface area contributed by atoms with Crippen molar-refractivity contribution in [2.45, 2.75) is 3.93 Å². The maximum absolute atomic E-state index is 12.9. The SMILES string of the molecule is C=C(c1cc(Cl)cc(Cl)c1)C(F)(F)I. The lowest BCUT2D eigenvalue weighted by Crippen LogP contribution is -2.06. The van der Waals surface area contributed by atoms with Crippen LogP contribution >= 0.6 is 45.8 Å². The molecule has 0 unspecified atom stereocenters. The molecule has 0 aliphatic carbocycles. The summed E-state index contributed by atoms with van der Waals surface area (Å²) >= 11 is 12.4. The van der Waals surface area contributed by atoms with Crippen molar-refractivity contribution in [3.05, 3.63) is 40.4 Å². The summed E-state index contributed by atoms with van der Waals surface area (Å²) in [5, 5.41) is 0.628. The quantitative estimate of drug-likeness (QED) is 0.519. The van der Waals surface area contributed by atoms with Crippen molar-refractivity contribution in [1.82, 2.24) is 0 Å². The number of benzene rings is 1. The van der Waals surface area contributed by atoms with E-state index in [1.165, 1.54) is 18.2 Å². The predicted octanol–water partition coefficient (Wildman–Crippen LogP) is 5.03. The van der Waals surface area contributed by atoms with Crippen LogP contribution in [0.4, 0.5) is 8.78 Å². The van der Waals surface area contributed by atoms with E-state index in [1.54, 1.807) is 0 Å². The smallest absolute Gasteiger partial charge is 0.189 e. The highest BCUT2D eigenvalue weighted by molar-refractivity contribution is 14.1. The molecule has 5 heteroatoms. The molecule has 0 saturated carbocycles. The summed E-state index contributed by atoms with van der Waals surface area (Å²) in [6.07, 6.45) is 0. The van der Waals surface area contributed by atoms with Gasteiger partial charge < -0.3 is 0 Å². The van der Waals surface area contributed by atoms with Crippen LogP contribution in [0.15, 0.2) is 24.8 Å². The van der Waals surface area contributed by atoms with E-state index in [0.717, 1.165) is 22.6 Å². The molecule has 0 heterocycles. The molecule has 0 spiro atoms. The topological polar surface area (TPSA) is 0 Å². The van der Waals surface area contributed by atoms with Crippen molar-refractivity contribution in [3.8, 4) is 0 Å². The van der Waals surface area contributed by atoms with Gasteiger partial charge in [0.2, 0.25) is 0 Å². The van der Waals surface area contributed by atoms with Gasteiger partial charge in [0.05, 0.1) is 0 Å². The van der Waals surface area contributed by atoms with Gasteiger partial charge in [-0.1, -0.05) is 29.8 Å². The molecule has 14 heavy (non-hydrogen) atoms. The Labute approximate surface area is 104 Å². The minimum absolute atomic E-state index is 0.252. The largest absolute Gasteiger partial charge is 0.321 e. The molecule has 0 saturated heterocycles. The zero-order chi connectivity index (χ0) is 10.9. The van der Waals surface area contributed by atoms with Crippen LogP contribution in [0.2, 0.25) is 10.0 Å². The Kier molecular flexibility index (Phi) is 3.77. The molecule has 1 rings (SSSR count). The van der Waals surface area contributed by atoms with Gasteiger partial charge in [0, 0.05) is 38.2 Å². The van der Waals surface area contributed by atoms with Gasteiger partial charge >= 0.3 is 3.93 Å². The van der Waals surface area contributed by atoms with E-state index >= 15 is 0 Å². The first-order chi connectivity index (χ1) is 6.30. The minimum Gasteiger partial charge on any atom is -0.189 e. The summed E-state index contributed by atoms with van der Waals surface area (Å²) in [6.45, 7) is 3.30. The molecule has 0 amide bonds. The molecule has 0 atom stereocenters. The van der Waals surface area contributed by atoms with Crippen molar-refractivity contribution < 1.29 is 8.78 Å². The molecule has 0 bridgehead atoms. The fourth-order valence-electron chi connectivity index (χ4n) is 0.892. The molecular formula is C9H5Cl2F2I. The van der Waals surface area contributed by atoms with Crippen molar-refractivity contribution in [1.29, 1.82) is 0 Å². The third-order valence-electron chi connectivity index (χ3n) is 1.55. The first kappa shape index (κ1) is 12.2. The van der Waals surface area contributed by atoms with Crippen LogP contribution in [0.25, 0.3) is 5.57 Å². The third-order valence-corrected chi connectivity index (χ3v) is 2.64. The molecule has 0 nitrogen and oxygen atoms in total. The molecule has 76 valence electrons. The van der Waals surface area contributed by atoms with Gasteiger partial charge in [-0.05, 0) is 23.8 Å². The summed E-state index contributed by atoms with van der Waals surface area (Å²) in [4.78, 5) is 0. The Morgan fingerprint density at radius 2 is 1.64 bits per heavy atom. The molecule has 0 fully saturated rings. The highest BCUT2D eigenvalue weighted by Gasteiger charge is 2.29. The predicted molar refractivity (Wildman–Crippen MR) is 64.5 cm³/mol. The number of allylic oxidation sites excluding steroid dienone is 1.